The van der Waals surface area contributed by atoms with Gasteiger partial charge in [-0.15, -0.1) is 0 Å². The van der Waals surface area contributed by atoms with Gasteiger partial charge < -0.3 is 13.9 Å². The second-order valence-electron chi connectivity index (χ2n) is 7.22. The van der Waals surface area contributed by atoms with Crippen molar-refractivity contribution in [1.82, 2.24) is 9.80 Å². The van der Waals surface area contributed by atoms with E-state index in [1.54, 1.807) is 13.4 Å². The molecule has 0 spiro atoms. The van der Waals surface area contributed by atoms with Crippen molar-refractivity contribution in [3.63, 3.8) is 0 Å². The van der Waals surface area contributed by atoms with Crippen molar-refractivity contribution in [2.24, 2.45) is 11.3 Å². The van der Waals surface area contributed by atoms with Gasteiger partial charge in [0.05, 0.1) is 31.4 Å². The SMILES string of the molecule is CCOC(=O)[C@]12CCCN(Cc3ccco3)C[C@H]1CN(CCOC)C2. The van der Waals surface area contributed by atoms with Crippen LogP contribution < -0.4 is 0 Å². The monoisotopic (exact) mass is 350 g/mol. The third-order valence-electron chi connectivity index (χ3n) is 5.59. The zero-order valence-electron chi connectivity index (χ0n) is 15.4. The molecule has 2 atom stereocenters. The lowest BCUT2D eigenvalue weighted by molar-refractivity contribution is -0.157. The van der Waals surface area contributed by atoms with Gasteiger partial charge in [-0.1, -0.05) is 0 Å². The van der Waals surface area contributed by atoms with Crippen LogP contribution in [0.4, 0.5) is 0 Å². The summed E-state index contributed by atoms with van der Waals surface area (Å²) in [5.74, 6) is 1.26. The molecule has 0 aromatic carbocycles. The molecule has 2 fully saturated rings. The van der Waals surface area contributed by atoms with Crippen LogP contribution in [0.5, 0.6) is 0 Å². The first-order valence-electron chi connectivity index (χ1n) is 9.31. The average Bonchev–Trinajstić information content (AvgIpc) is 3.18. The van der Waals surface area contributed by atoms with E-state index in [0.717, 1.165) is 57.9 Å². The highest BCUT2D eigenvalue weighted by Gasteiger charge is 2.53. The Bertz CT molecular complexity index is 548. The molecule has 3 rings (SSSR count). The van der Waals surface area contributed by atoms with Gasteiger partial charge in [0.15, 0.2) is 0 Å². The van der Waals surface area contributed by atoms with Crippen LogP contribution in [-0.2, 0) is 20.8 Å². The Labute approximate surface area is 150 Å². The number of carbonyl (C=O) groups is 1. The summed E-state index contributed by atoms with van der Waals surface area (Å²) in [6.45, 7) is 8.32. The van der Waals surface area contributed by atoms with Crippen molar-refractivity contribution in [3.8, 4) is 0 Å². The Morgan fingerprint density at radius 3 is 2.96 bits per heavy atom. The Balaban J connectivity index is 1.74. The third-order valence-corrected chi connectivity index (χ3v) is 5.59. The van der Waals surface area contributed by atoms with E-state index in [2.05, 4.69) is 9.80 Å². The molecule has 2 aliphatic rings. The fourth-order valence-electron chi connectivity index (χ4n) is 4.38. The number of likely N-dealkylation sites (tertiary alicyclic amines) is 2. The lowest BCUT2D eigenvalue weighted by Crippen LogP contribution is -2.42. The van der Waals surface area contributed by atoms with Crippen LogP contribution in [0.3, 0.4) is 0 Å². The molecule has 3 heterocycles. The number of esters is 1. The first-order chi connectivity index (χ1) is 12.2. The highest BCUT2D eigenvalue weighted by atomic mass is 16.5. The van der Waals surface area contributed by atoms with E-state index in [9.17, 15) is 4.79 Å². The first kappa shape index (κ1) is 18.4. The van der Waals surface area contributed by atoms with Gasteiger partial charge in [-0.2, -0.15) is 0 Å². The maximum absolute atomic E-state index is 12.9. The predicted octanol–water partition coefficient (Wildman–Crippen LogP) is 2.00. The van der Waals surface area contributed by atoms with Gasteiger partial charge in [-0.25, -0.2) is 0 Å². The first-order valence-corrected chi connectivity index (χ1v) is 9.31. The Kier molecular flexibility index (Phi) is 6.15. The third kappa shape index (κ3) is 4.07. The lowest BCUT2D eigenvalue weighted by atomic mass is 9.75. The van der Waals surface area contributed by atoms with E-state index in [1.165, 1.54) is 0 Å². The Morgan fingerprint density at radius 2 is 2.24 bits per heavy atom. The van der Waals surface area contributed by atoms with Crippen LogP contribution >= 0.6 is 0 Å². The molecule has 0 bridgehead atoms. The molecule has 0 radical (unpaired) electrons. The number of nitrogens with zero attached hydrogens (tertiary/aromatic N) is 2. The highest BCUT2D eigenvalue weighted by molar-refractivity contribution is 5.78. The van der Waals surface area contributed by atoms with Gasteiger partial charge in [-0.05, 0) is 38.4 Å². The van der Waals surface area contributed by atoms with Crippen LogP contribution in [0.25, 0.3) is 0 Å². The lowest BCUT2D eigenvalue weighted by Gasteiger charge is -2.31. The second kappa shape index (κ2) is 8.34. The van der Waals surface area contributed by atoms with Crippen LogP contribution in [-0.4, -0.2) is 68.8 Å². The van der Waals surface area contributed by atoms with Crippen molar-refractivity contribution < 1.29 is 18.7 Å². The van der Waals surface area contributed by atoms with Gasteiger partial charge in [0.2, 0.25) is 0 Å². The maximum atomic E-state index is 12.9. The van der Waals surface area contributed by atoms with Gasteiger partial charge in [-0.3, -0.25) is 14.6 Å². The molecule has 0 aliphatic carbocycles. The van der Waals surface area contributed by atoms with E-state index in [-0.39, 0.29) is 11.4 Å². The molecule has 0 saturated carbocycles. The number of furan rings is 1. The number of hydrogen-bond donors (Lipinski definition) is 0. The number of rotatable bonds is 7. The second-order valence-corrected chi connectivity index (χ2v) is 7.22. The minimum absolute atomic E-state index is 0.0141. The number of carbonyl (C=O) groups excluding carboxylic acids is 1. The van der Waals surface area contributed by atoms with Crippen molar-refractivity contribution in [2.75, 3.05) is 53.0 Å². The van der Waals surface area contributed by atoms with Crippen molar-refractivity contribution in [3.05, 3.63) is 24.2 Å². The van der Waals surface area contributed by atoms with Crippen LogP contribution in [0.2, 0.25) is 0 Å². The smallest absolute Gasteiger partial charge is 0.313 e. The summed E-state index contributed by atoms with van der Waals surface area (Å²) in [5.41, 5.74) is -0.373. The number of methoxy groups -OCH3 is 1. The highest BCUT2D eigenvalue weighted by Crippen LogP contribution is 2.43. The molecular formula is C19H30N2O4. The van der Waals surface area contributed by atoms with E-state index < -0.39 is 0 Å². The molecule has 6 heteroatoms. The van der Waals surface area contributed by atoms with Crippen molar-refractivity contribution >= 4 is 5.97 Å². The molecule has 25 heavy (non-hydrogen) atoms. The zero-order chi connectivity index (χ0) is 17.7. The normalized spacial score (nSPS) is 27.8. The van der Waals surface area contributed by atoms with E-state index in [4.69, 9.17) is 13.9 Å². The quantitative estimate of drug-likeness (QED) is 0.701. The molecule has 2 aliphatic heterocycles. The van der Waals surface area contributed by atoms with Crippen LogP contribution in [0.1, 0.15) is 25.5 Å². The van der Waals surface area contributed by atoms with E-state index >= 15 is 0 Å². The molecule has 140 valence electrons. The average molecular weight is 350 g/mol. The molecule has 6 nitrogen and oxygen atoms in total. The van der Waals surface area contributed by atoms with Crippen molar-refractivity contribution in [2.45, 2.75) is 26.3 Å². The summed E-state index contributed by atoms with van der Waals surface area (Å²) in [5, 5.41) is 0. The van der Waals surface area contributed by atoms with Gasteiger partial charge >= 0.3 is 5.97 Å². The minimum Gasteiger partial charge on any atom is -0.468 e. The fourth-order valence-corrected chi connectivity index (χ4v) is 4.38. The van der Waals surface area contributed by atoms with Gasteiger partial charge in [0.1, 0.15) is 5.76 Å². The summed E-state index contributed by atoms with van der Waals surface area (Å²) in [6, 6.07) is 3.95. The standard InChI is InChI=1S/C19H30N2O4/c1-3-24-18(22)19-7-5-8-20(14-17-6-4-10-25-17)12-16(19)13-21(15-19)9-11-23-2/h4,6,10,16H,3,5,7-9,11-15H2,1-2H3/t16-,19-/m0/s1. The topological polar surface area (TPSA) is 55.2 Å². The number of fused-ring (bicyclic) bond motifs is 1. The summed E-state index contributed by atoms with van der Waals surface area (Å²) in [4.78, 5) is 17.7. The molecule has 0 N–H and O–H groups in total. The largest absolute Gasteiger partial charge is 0.468 e. The van der Waals surface area contributed by atoms with Crippen LogP contribution in [0, 0.1) is 11.3 Å². The maximum Gasteiger partial charge on any atom is 0.313 e. The van der Waals surface area contributed by atoms with Gasteiger partial charge in [0, 0.05) is 39.2 Å². The molecular weight excluding hydrogens is 320 g/mol. The fraction of sp³-hybridized carbons (Fsp3) is 0.737. The summed E-state index contributed by atoms with van der Waals surface area (Å²) in [6.07, 6.45) is 3.63. The van der Waals surface area contributed by atoms with Gasteiger partial charge in [0.25, 0.3) is 0 Å². The number of ether oxygens (including phenoxy) is 2. The minimum atomic E-state index is -0.373. The predicted molar refractivity (Wildman–Crippen MR) is 94.1 cm³/mol. The Hall–Kier alpha value is -1.37. The molecule has 2 saturated heterocycles. The summed E-state index contributed by atoms with van der Waals surface area (Å²) >= 11 is 0. The van der Waals surface area contributed by atoms with Crippen LogP contribution in [0.15, 0.2) is 22.8 Å². The molecule has 0 unspecified atom stereocenters. The van der Waals surface area contributed by atoms with E-state index in [1.807, 2.05) is 19.1 Å². The molecule has 1 aromatic heterocycles. The number of hydrogen-bond acceptors (Lipinski definition) is 6. The molecule has 1 aromatic rings. The van der Waals surface area contributed by atoms with E-state index in [0.29, 0.717) is 19.1 Å². The summed E-state index contributed by atoms with van der Waals surface area (Å²) in [7, 11) is 1.72. The zero-order valence-corrected chi connectivity index (χ0v) is 15.4. The van der Waals surface area contributed by atoms with Crippen molar-refractivity contribution in [1.29, 1.82) is 0 Å². The summed E-state index contributed by atoms with van der Waals surface area (Å²) < 4.78 is 16.2. The molecule has 0 amide bonds. The Morgan fingerprint density at radius 1 is 1.40 bits per heavy atom.